The molecule has 34 heavy (non-hydrogen) atoms. The summed E-state index contributed by atoms with van der Waals surface area (Å²) in [5.41, 5.74) is 3.50. The molecular formula is C26H23N3O5. The molecule has 172 valence electrons. The summed E-state index contributed by atoms with van der Waals surface area (Å²) in [6, 6.07) is 18.6. The van der Waals surface area contributed by atoms with Crippen LogP contribution in [0, 0.1) is 0 Å². The van der Waals surface area contributed by atoms with Gasteiger partial charge in [0.15, 0.2) is 0 Å². The van der Waals surface area contributed by atoms with Gasteiger partial charge in [-0.3, -0.25) is 0 Å². The fourth-order valence-electron chi connectivity index (χ4n) is 4.39. The number of esters is 2. The van der Waals surface area contributed by atoms with E-state index in [1.165, 1.54) is 14.2 Å². The van der Waals surface area contributed by atoms with Gasteiger partial charge in [-0.25, -0.2) is 14.6 Å². The fraction of sp³-hybridized carbons (Fsp3) is 0.192. The highest BCUT2D eigenvalue weighted by molar-refractivity contribution is 6.19. The van der Waals surface area contributed by atoms with Crippen molar-refractivity contribution in [3.63, 3.8) is 0 Å². The van der Waals surface area contributed by atoms with Crippen molar-refractivity contribution in [3.8, 4) is 0 Å². The number of anilines is 2. The van der Waals surface area contributed by atoms with E-state index in [4.69, 9.17) is 13.9 Å². The Balaban J connectivity index is 1.65. The normalized spacial score (nSPS) is 16.4. The Labute approximate surface area is 196 Å². The summed E-state index contributed by atoms with van der Waals surface area (Å²) >= 11 is 0. The van der Waals surface area contributed by atoms with E-state index in [1.807, 2.05) is 58.3 Å². The SMILES string of the molecule is COC(=O)C1=CN=C2N(Cc3ccco3)c3ccc(C(=O)OC)cc3N2C1Cc1ccccc1. The maximum atomic E-state index is 12.7. The van der Waals surface area contributed by atoms with Crippen LogP contribution in [-0.4, -0.2) is 38.2 Å². The standard InChI is InChI=1S/C26H23N3O5/c1-32-24(30)18-10-11-21-23(14-18)29-22(13-17-7-4-3-5-8-17)20(25(31)33-2)15-27-26(29)28(21)16-19-9-6-12-34-19/h3-12,14-15,22H,13,16H2,1-2H3. The largest absolute Gasteiger partial charge is 0.467 e. The molecule has 2 aromatic carbocycles. The van der Waals surface area contributed by atoms with E-state index in [9.17, 15) is 9.59 Å². The van der Waals surface area contributed by atoms with E-state index >= 15 is 0 Å². The summed E-state index contributed by atoms with van der Waals surface area (Å²) in [6.07, 6.45) is 3.74. The van der Waals surface area contributed by atoms with Crippen LogP contribution < -0.4 is 9.80 Å². The van der Waals surface area contributed by atoms with E-state index in [0.717, 1.165) is 22.7 Å². The predicted molar refractivity (Wildman–Crippen MR) is 127 cm³/mol. The first-order chi connectivity index (χ1) is 16.6. The van der Waals surface area contributed by atoms with Gasteiger partial charge in [-0.2, -0.15) is 0 Å². The maximum absolute atomic E-state index is 12.7. The van der Waals surface area contributed by atoms with E-state index in [1.54, 1.807) is 24.6 Å². The van der Waals surface area contributed by atoms with Crippen molar-refractivity contribution in [2.24, 2.45) is 4.99 Å². The number of ether oxygens (including phenoxy) is 2. The van der Waals surface area contributed by atoms with Gasteiger partial charge in [-0.15, -0.1) is 0 Å². The zero-order valence-corrected chi connectivity index (χ0v) is 18.8. The van der Waals surface area contributed by atoms with E-state index in [-0.39, 0.29) is 0 Å². The molecule has 0 saturated carbocycles. The van der Waals surface area contributed by atoms with Gasteiger partial charge in [0.2, 0.25) is 5.96 Å². The number of benzene rings is 2. The average Bonchev–Trinajstić information content (AvgIpc) is 3.50. The maximum Gasteiger partial charge on any atom is 0.337 e. The van der Waals surface area contributed by atoms with Crippen LogP contribution in [0.2, 0.25) is 0 Å². The number of methoxy groups -OCH3 is 2. The second-order valence-electron chi connectivity index (χ2n) is 7.94. The summed E-state index contributed by atoms with van der Waals surface area (Å²) < 4.78 is 15.6. The molecule has 0 fully saturated rings. The molecule has 0 saturated heterocycles. The number of hydrogen-bond acceptors (Lipinski definition) is 8. The lowest BCUT2D eigenvalue weighted by atomic mass is 9.96. The molecule has 2 aliphatic rings. The molecule has 1 aromatic heterocycles. The lowest BCUT2D eigenvalue weighted by molar-refractivity contribution is -0.136. The van der Waals surface area contributed by atoms with Crippen LogP contribution in [0.5, 0.6) is 0 Å². The number of aliphatic imine (C=N–C) groups is 1. The van der Waals surface area contributed by atoms with Crippen LogP contribution in [0.25, 0.3) is 0 Å². The summed E-state index contributed by atoms with van der Waals surface area (Å²) in [5, 5.41) is 0. The number of fused-ring (bicyclic) bond motifs is 3. The minimum atomic E-state index is -0.445. The van der Waals surface area contributed by atoms with E-state index < -0.39 is 18.0 Å². The van der Waals surface area contributed by atoms with Crippen molar-refractivity contribution in [1.29, 1.82) is 0 Å². The van der Waals surface area contributed by atoms with Crippen molar-refractivity contribution in [2.75, 3.05) is 24.0 Å². The number of nitrogens with zero attached hydrogens (tertiary/aromatic N) is 3. The van der Waals surface area contributed by atoms with Crippen LogP contribution in [0.4, 0.5) is 11.4 Å². The first-order valence-corrected chi connectivity index (χ1v) is 10.8. The number of furan rings is 1. The third kappa shape index (κ3) is 3.73. The third-order valence-corrected chi connectivity index (χ3v) is 5.98. The van der Waals surface area contributed by atoms with Gasteiger partial charge in [-0.05, 0) is 42.3 Å². The number of carbonyl (C=O) groups excluding carboxylic acids is 2. The molecule has 2 aliphatic heterocycles. The van der Waals surface area contributed by atoms with Crippen molar-refractivity contribution in [1.82, 2.24) is 0 Å². The molecule has 5 rings (SSSR count). The van der Waals surface area contributed by atoms with Crippen LogP contribution in [0.1, 0.15) is 21.7 Å². The lowest BCUT2D eigenvalue weighted by Crippen LogP contribution is -2.49. The Bertz CT molecular complexity index is 1280. The van der Waals surface area contributed by atoms with Gasteiger partial charge in [0.1, 0.15) is 5.76 Å². The summed E-state index contributed by atoms with van der Waals surface area (Å²) in [6.45, 7) is 0.437. The zero-order chi connectivity index (χ0) is 23.7. The number of carbonyl (C=O) groups is 2. The quantitative estimate of drug-likeness (QED) is 0.519. The second kappa shape index (κ2) is 8.90. The van der Waals surface area contributed by atoms with Crippen LogP contribution in [-0.2, 0) is 27.2 Å². The van der Waals surface area contributed by atoms with Crippen molar-refractivity contribution in [2.45, 2.75) is 19.0 Å². The number of guanidine groups is 1. The smallest absolute Gasteiger partial charge is 0.337 e. The summed E-state index contributed by atoms with van der Waals surface area (Å²) in [5.74, 6) is 0.516. The fourth-order valence-corrected chi connectivity index (χ4v) is 4.39. The monoisotopic (exact) mass is 457 g/mol. The number of rotatable bonds is 6. The van der Waals surface area contributed by atoms with Crippen molar-refractivity contribution < 1.29 is 23.5 Å². The molecule has 0 bridgehead atoms. The molecule has 0 spiro atoms. The molecule has 8 heteroatoms. The molecular weight excluding hydrogens is 434 g/mol. The summed E-state index contributed by atoms with van der Waals surface area (Å²) in [7, 11) is 2.71. The van der Waals surface area contributed by atoms with Crippen LogP contribution in [0.15, 0.2) is 88.1 Å². The highest BCUT2D eigenvalue weighted by atomic mass is 16.5. The van der Waals surface area contributed by atoms with Gasteiger partial charge >= 0.3 is 11.9 Å². The van der Waals surface area contributed by atoms with Crippen molar-refractivity contribution >= 4 is 29.3 Å². The summed E-state index contributed by atoms with van der Waals surface area (Å²) in [4.78, 5) is 33.7. The van der Waals surface area contributed by atoms with E-state index in [2.05, 4.69) is 4.99 Å². The lowest BCUT2D eigenvalue weighted by Gasteiger charge is -2.34. The molecule has 3 heterocycles. The molecule has 0 radical (unpaired) electrons. The van der Waals surface area contributed by atoms with E-state index in [0.29, 0.717) is 30.1 Å². The Morgan fingerprint density at radius 1 is 0.971 bits per heavy atom. The van der Waals surface area contributed by atoms with Crippen molar-refractivity contribution in [3.05, 3.63) is 95.6 Å². The molecule has 0 amide bonds. The van der Waals surface area contributed by atoms with Gasteiger partial charge in [0.05, 0.1) is 55.6 Å². The van der Waals surface area contributed by atoms with Crippen LogP contribution in [0.3, 0.4) is 0 Å². The molecule has 1 unspecified atom stereocenters. The van der Waals surface area contributed by atoms with Gasteiger partial charge in [-0.1, -0.05) is 30.3 Å². The van der Waals surface area contributed by atoms with Gasteiger partial charge < -0.3 is 23.7 Å². The predicted octanol–water partition coefficient (Wildman–Crippen LogP) is 3.93. The van der Waals surface area contributed by atoms with Gasteiger partial charge in [0, 0.05) is 6.20 Å². The topological polar surface area (TPSA) is 84.6 Å². The Morgan fingerprint density at radius 2 is 1.76 bits per heavy atom. The van der Waals surface area contributed by atoms with Gasteiger partial charge in [0.25, 0.3) is 0 Å². The molecule has 3 aromatic rings. The highest BCUT2D eigenvalue weighted by Gasteiger charge is 2.43. The molecule has 0 N–H and O–H groups in total. The average molecular weight is 457 g/mol. The Kier molecular flexibility index (Phi) is 5.63. The zero-order valence-electron chi connectivity index (χ0n) is 18.8. The molecule has 8 nitrogen and oxygen atoms in total. The minimum Gasteiger partial charge on any atom is -0.467 e. The minimum absolute atomic E-state index is 0.393. The number of hydrogen-bond donors (Lipinski definition) is 0. The Hall–Kier alpha value is -4.33. The first-order valence-electron chi connectivity index (χ1n) is 10.8. The second-order valence-corrected chi connectivity index (χ2v) is 7.94. The first kappa shape index (κ1) is 21.5. The molecule has 1 atom stereocenters. The molecule has 0 aliphatic carbocycles. The van der Waals surface area contributed by atoms with Crippen LogP contribution >= 0.6 is 0 Å². The Morgan fingerprint density at radius 3 is 2.47 bits per heavy atom. The highest BCUT2D eigenvalue weighted by Crippen LogP contribution is 2.43. The third-order valence-electron chi connectivity index (χ3n) is 5.98.